The third kappa shape index (κ3) is 5.46. The van der Waals surface area contributed by atoms with Crippen LogP contribution in [0.5, 0.6) is 0 Å². The SMILES string of the molecule is CCN(Cc1ccccc1)C(=O)C(C)Sc1nnc(-c2ccncc2)n1CCOC. The number of carbonyl (C=O) groups is 1. The molecule has 1 aromatic carbocycles. The number of amides is 1. The van der Waals surface area contributed by atoms with Crippen molar-refractivity contribution in [2.24, 2.45) is 0 Å². The van der Waals surface area contributed by atoms with E-state index < -0.39 is 0 Å². The molecule has 0 aliphatic heterocycles. The Morgan fingerprint density at radius 3 is 2.57 bits per heavy atom. The fourth-order valence-electron chi connectivity index (χ4n) is 3.09. The number of hydrogen-bond donors (Lipinski definition) is 0. The van der Waals surface area contributed by atoms with Crippen LogP contribution in [0.1, 0.15) is 19.4 Å². The molecule has 0 saturated heterocycles. The lowest BCUT2D eigenvalue weighted by Crippen LogP contribution is -2.36. The fourth-order valence-corrected chi connectivity index (χ4v) is 4.05. The molecule has 0 saturated carbocycles. The predicted molar refractivity (Wildman–Crippen MR) is 118 cm³/mol. The second-order valence-corrected chi connectivity index (χ2v) is 8.09. The fraction of sp³-hybridized carbons (Fsp3) is 0.364. The molecular weight excluding hydrogens is 398 g/mol. The number of pyridine rings is 1. The number of rotatable bonds is 10. The highest BCUT2D eigenvalue weighted by atomic mass is 32.2. The van der Waals surface area contributed by atoms with Crippen LogP contribution in [0.2, 0.25) is 0 Å². The molecule has 1 atom stereocenters. The number of aromatic nitrogens is 4. The first-order chi connectivity index (χ1) is 14.6. The van der Waals surface area contributed by atoms with Crippen LogP contribution in [-0.2, 0) is 22.6 Å². The average molecular weight is 426 g/mol. The Bertz CT molecular complexity index is 933. The van der Waals surface area contributed by atoms with Crippen LogP contribution in [0, 0.1) is 0 Å². The van der Waals surface area contributed by atoms with Crippen molar-refractivity contribution in [3.05, 3.63) is 60.4 Å². The van der Waals surface area contributed by atoms with Crippen LogP contribution >= 0.6 is 11.8 Å². The predicted octanol–water partition coefficient (Wildman–Crippen LogP) is 3.52. The van der Waals surface area contributed by atoms with Gasteiger partial charge in [-0.05, 0) is 31.5 Å². The van der Waals surface area contributed by atoms with Crippen molar-refractivity contribution in [2.45, 2.75) is 37.3 Å². The second-order valence-electron chi connectivity index (χ2n) is 6.78. The Morgan fingerprint density at radius 2 is 1.90 bits per heavy atom. The second kappa shape index (κ2) is 10.9. The highest BCUT2D eigenvalue weighted by Crippen LogP contribution is 2.27. The molecule has 0 radical (unpaired) electrons. The Hall–Kier alpha value is -2.71. The van der Waals surface area contributed by atoms with Crippen molar-refractivity contribution in [1.82, 2.24) is 24.6 Å². The zero-order valence-electron chi connectivity index (χ0n) is 17.6. The molecular formula is C22H27N5O2S. The minimum Gasteiger partial charge on any atom is -0.383 e. The van der Waals surface area contributed by atoms with Crippen LogP contribution in [0.3, 0.4) is 0 Å². The van der Waals surface area contributed by atoms with E-state index >= 15 is 0 Å². The number of carbonyl (C=O) groups excluding carboxylic acids is 1. The lowest BCUT2D eigenvalue weighted by Gasteiger charge is -2.24. The number of hydrogen-bond acceptors (Lipinski definition) is 6. The summed E-state index contributed by atoms with van der Waals surface area (Å²) in [5, 5.41) is 9.15. The summed E-state index contributed by atoms with van der Waals surface area (Å²) in [4.78, 5) is 19.0. The van der Waals surface area contributed by atoms with Crippen molar-refractivity contribution >= 4 is 17.7 Å². The van der Waals surface area contributed by atoms with E-state index in [4.69, 9.17) is 4.74 Å². The van der Waals surface area contributed by atoms with Gasteiger partial charge < -0.3 is 9.64 Å². The molecule has 3 rings (SSSR count). The van der Waals surface area contributed by atoms with Crippen molar-refractivity contribution in [1.29, 1.82) is 0 Å². The first-order valence-electron chi connectivity index (χ1n) is 9.96. The third-order valence-electron chi connectivity index (χ3n) is 4.71. The van der Waals surface area contributed by atoms with E-state index in [2.05, 4.69) is 15.2 Å². The summed E-state index contributed by atoms with van der Waals surface area (Å²) >= 11 is 1.43. The molecule has 0 fully saturated rings. The summed E-state index contributed by atoms with van der Waals surface area (Å²) in [5.74, 6) is 0.825. The molecule has 0 aliphatic carbocycles. The number of thioether (sulfide) groups is 1. The first-order valence-corrected chi connectivity index (χ1v) is 10.8. The largest absolute Gasteiger partial charge is 0.383 e. The van der Waals surface area contributed by atoms with Crippen LogP contribution < -0.4 is 0 Å². The molecule has 8 heteroatoms. The van der Waals surface area contributed by atoms with Crippen molar-refractivity contribution in [3.8, 4) is 11.4 Å². The normalized spacial score (nSPS) is 12.0. The van der Waals surface area contributed by atoms with Crippen molar-refractivity contribution < 1.29 is 9.53 Å². The zero-order chi connectivity index (χ0) is 21.3. The van der Waals surface area contributed by atoms with Gasteiger partial charge in [-0.25, -0.2) is 0 Å². The molecule has 2 heterocycles. The van der Waals surface area contributed by atoms with E-state index in [1.165, 1.54) is 11.8 Å². The van der Waals surface area contributed by atoms with Crippen LogP contribution in [0.15, 0.2) is 60.0 Å². The van der Waals surface area contributed by atoms with E-state index in [-0.39, 0.29) is 11.2 Å². The molecule has 0 aliphatic rings. The van der Waals surface area contributed by atoms with Crippen molar-refractivity contribution in [3.63, 3.8) is 0 Å². The Kier molecular flexibility index (Phi) is 7.98. The number of benzene rings is 1. The van der Waals surface area contributed by atoms with Gasteiger partial charge in [0.15, 0.2) is 11.0 Å². The maximum Gasteiger partial charge on any atom is 0.236 e. The van der Waals surface area contributed by atoms with Gasteiger partial charge in [-0.2, -0.15) is 0 Å². The number of methoxy groups -OCH3 is 1. The minimum absolute atomic E-state index is 0.0816. The van der Waals surface area contributed by atoms with Gasteiger partial charge in [-0.3, -0.25) is 14.3 Å². The summed E-state index contributed by atoms with van der Waals surface area (Å²) < 4.78 is 7.26. The van der Waals surface area contributed by atoms with Gasteiger partial charge in [0.2, 0.25) is 5.91 Å². The maximum atomic E-state index is 13.1. The zero-order valence-corrected chi connectivity index (χ0v) is 18.4. The third-order valence-corrected chi connectivity index (χ3v) is 5.78. The van der Waals surface area contributed by atoms with Gasteiger partial charge in [0.05, 0.1) is 18.4 Å². The highest BCUT2D eigenvalue weighted by Gasteiger charge is 2.24. The van der Waals surface area contributed by atoms with E-state index in [0.29, 0.717) is 31.4 Å². The van der Waals surface area contributed by atoms with E-state index in [0.717, 1.165) is 17.0 Å². The average Bonchev–Trinajstić information content (AvgIpc) is 3.19. The monoisotopic (exact) mass is 425 g/mol. The topological polar surface area (TPSA) is 73.1 Å². The first kappa shape index (κ1) is 22.0. The molecule has 3 aromatic rings. The smallest absolute Gasteiger partial charge is 0.236 e. The van der Waals surface area contributed by atoms with Crippen LogP contribution in [-0.4, -0.2) is 56.1 Å². The summed E-state index contributed by atoms with van der Waals surface area (Å²) in [5.41, 5.74) is 2.05. The molecule has 1 amide bonds. The molecule has 158 valence electrons. The lowest BCUT2D eigenvalue weighted by molar-refractivity contribution is -0.130. The van der Waals surface area contributed by atoms with Gasteiger partial charge in [0.1, 0.15) is 0 Å². The Morgan fingerprint density at radius 1 is 1.17 bits per heavy atom. The van der Waals surface area contributed by atoms with Crippen LogP contribution in [0.25, 0.3) is 11.4 Å². The van der Waals surface area contributed by atoms with Crippen LogP contribution in [0.4, 0.5) is 0 Å². The minimum atomic E-state index is -0.288. The number of nitrogens with zero attached hydrogens (tertiary/aromatic N) is 5. The summed E-state index contributed by atoms with van der Waals surface area (Å²) in [7, 11) is 1.66. The molecule has 1 unspecified atom stereocenters. The van der Waals surface area contributed by atoms with Gasteiger partial charge >= 0.3 is 0 Å². The van der Waals surface area contributed by atoms with E-state index in [1.807, 2.05) is 65.8 Å². The quantitative estimate of drug-likeness (QED) is 0.463. The van der Waals surface area contributed by atoms with E-state index in [9.17, 15) is 4.79 Å². The highest BCUT2D eigenvalue weighted by molar-refractivity contribution is 8.00. The molecule has 0 bridgehead atoms. The Labute approximate surface area is 181 Å². The molecule has 30 heavy (non-hydrogen) atoms. The Balaban J connectivity index is 1.77. The van der Waals surface area contributed by atoms with E-state index in [1.54, 1.807) is 19.5 Å². The maximum absolute atomic E-state index is 13.1. The summed E-state index contributed by atoms with van der Waals surface area (Å²) in [6, 6.07) is 13.8. The molecule has 7 nitrogen and oxygen atoms in total. The van der Waals surface area contributed by atoms with Gasteiger partial charge in [0, 0.05) is 38.2 Å². The summed E-state index contributed by atoms with van der Waals surface area (Å²) in [6.07, 6.45) is 3.46. The molecule has 0 spiro atoms. The van der Waals surface area contributed by atoms with Crippen molar-refractivity contribution in [2.75, 3.05) is 20.3 Å². The van der Waals surface area contributed by atoms with Gasteiger partial charge in [-0.15, -0.1) is 10.2 Å². The molecule has 2 aromatic heterocycles. The van der Waals surface area contributed by atoms with Gasteiger partial charge in [0.25, 0.3) is 0 Å². The lowest BCUT2D eigenvalue weighted by atomic mass is 10.2. The number of ether oxygens (including phenoxy) is 1. The molecule has 0 N–H and O–H groups in total. The summed E-state index contributed by atoms with van der Waals surface area (Å²) in [6.45, 7) is 6.30. The van der Waals surface area contributed by atoms with Gasteiger partial charge in [-0.1, -0.05) is 42.1 Å². The standard InChI is InChI=1S/C22H27N5O2S/c1-4-26(16-18-8-6-5-7-9-18)21(28)17(2)30-22-25-24-20(27(22)14-15-29-3)19-10-12-23-13-11-19/h5-13,17H,4,14-16H2,1-3H3.